The SMILES string of the molecule is CCN(CC)S(=O)(=O)c1ccc(C(=O)OCC(=O)Nc2cc(OC)cc(OC)c2)cc1. The van der Waals surface area contributed by atoms with Crippen LogP contribution in [0.25, 0.3) is 0 Å². The quantitative estimate of drug-likeness (QED) is 0.554. The van der Waals surface area contributed by atoms with Crippen LogP contribution in [0.1, 0.15) is 24.2 Å². The summed E-state index contributed by atoms with van der Waals surface area (Å²) in [6.07, 6.45) is 0. The molecule has 2 aromatic carbocycles. The maximum absolute atomic E-state index is 12.5. The van der Waals surface area contributed by atoms with E-state index in [1.165, 1.54) is 42.8 Å². The maximum Gasteiger partial charge on any atom is 0.338 e. The molecule has 0 atom stereocenters. The lowest BCUT2D eigenvalue weighted by Gasteiger charge is -2.18. The van der Waals surface area contributed by atoms with Crippen LogP contribution in [0.2, 0.25) is 0 Å². The first-order valence-corrected chi connectivity index (χ1v) is 11.0. The van der Waals surface area contributed by atoms with Crippen molar-refractivity contribution >= 4 is 27.6 Å². The van der Waals surface area contributed by atoms with E-state index in [4.69, 9.17) is 14.2 Å². The van der Waals surface area contributed by atoms with Gasteiger partial charge in [0.25, 0.3) is 5.91 Å². The van der Waals surface area contributed by atoms with Gasteiger partial charge in [-0.1, -0.05) is 13.8 Å². The molecule has 0 saturated heterocycles. The normalized spacial score (nSPS) is 11.1. The minimum atomic E-state index is -3.62. The van der Waals surface area contributed by atoms with Crippen LogP contribution in [0.3, 0.4) is 0 Å². The number of carbonyl (C=O) groups excluding carboxylic acids is 2. The van der Waals surface area contributed by atoms with E-state index in [1.54, 1.807) is 32.0 Å². The first-order chi connectivity index (χ1) is 14.7. The number of benzene rings is 2. The highest BCUT2D eigenvalue weighted by Gasteiger charge is 2.22. The van der Waals surface area contributed by atoms with Crippen LogP contribution < -0.4 is 14.8 Å². The molecule has 0 aliphatic carbocycles. The van der Waals surface area contributed by atoms with E-state index in [0.29, 0.717) is 30.3 Å². The first kappa shape index (κ1) is 24.2. The third-order valence-corrected chi connectivity index (χ3v) is 6.47. The Morgan fingerprint density at radius 2 is 1.48 bits per heavy atom. The molecule has 0 fully saturated rings. The van der Waals surface area contributed by atoms with Crippen LogP contribution in [0.15, 0.2) is 47.4 Å². The van der Waals surface area contributed by atoms with Crippen molar-refractivity contribution in [3.63, 3.8) is 0 Å². The van der Waals surface area contributed by atoms with Gasteiger partial charge in [0.1, 0.15) is 11.5 Å². The third-order valence-electron chi connectivity index (χ3n) is 4.40. The summed E-state index contributed by atoms with van der Waals surface area (Å²) >= 11 is 0. The number of rotatable bonds is 10. The van der Waals surface area contributed by atoms with E-state index in [2.05, 4.69) is 5.32 Å². The molecule has 0 aliphatic heterocycles. The van der Waals surface area contributed by atoms with Crippen LogP contribution in [-0.2, 0) is 19.6 Å². The Balaban J connectivity index is 1.99. The Hall–Kier alpha value is -3.11. The van der Waals surface area contributed by atoms with Gasteiger partial charge in [0.05, 0.1) is 24.7 Å². The van der Waals surface area contributed by atoms with Gasteiger partial charge in [-0.25, -0.2) is 13.2 Å². The molecule has 9 nitrogen and oxygen atoms in total. The summed E-state index contributed by atoms with van der Waals surface area (Å²) in [5, 5.41) is 2.59. The summed E-state index contributed by atoms with van der Waals surface area (Å²) in [4.78, 5) is 24.4. The van der Waals surface area contributed by atoms with E-state index in [1.807, 2.05) is 0 Å². The van der Waals surface area contributed by atoms with E-state index in [9.17, 15) is 18.0 Å². The van der Waals surface area contributed by atoms with Gasteiger partial charge in [-0.3, -0.25) is 4.79 Å². The van der Waals surface area contributed by atoms with E-state index >= 15 is 0 Å². The first-order valence-electron chi connectivity index (χ1n) is 9.55. The van der Waals surface area contributed by atoms with Crippen molar-refractivity contribution in [3.8, 4) is 11.5 Å². The number of carbonyl (C=O) groups is 2. The molecule has 0 saturated carbocycles. The number of hydrogen-bond acceptors (Lipinski definition) is 7. The molecule has 0 heterocycles. The lowest BCUT2D eigenvalue weighted by Crippen LogP contribution is -2.30. The van der Waals surface area contributed by atoms with Gasteiger partial charge in [-0.15, -0.1) is 0 Å². The molecule has 0 unspecified atom stereocenters. The molecule has 31 heavy (non-hydrogen) atoms. The van der Waals surface area contributed by atoms with Crippen LogP contribution in [0, 0.1) is 0 Å². The molecule has 0 bridgehead atoms. The molecular formula is C21H26N2O7S. The van der Waals surface area contributed by atoms with Crippen molar-refractivity contribution in [1.29, 1.82) is 0 Å². The van der Waals surface area contributed by atoms with Crippen LogP contribution in [0.5, 0.6) is 11.5 Å². The standard InChI is InChI=1S/C21H26N2O7S/c1-5-23(6-2)31(26,27)19-9-7-15(8-10-19)21(25)30-14-20(24)22-16-11-17(28-3)13-18(12-16)29-4/h7-13H,5-6,14H2,1-4H3,(H,22,24). The van der Waals surface area contributed by atoms with Gasteiger partial charge < -0.3 is 19.5 Å². The second-order valence-electron chi connectivity index (χ2n) is 6.34. The maximum atomic E-state index is 12.5. The highest BCUT2D eigenvalue weighted by molar-refractivity contribution is 7.89. The molecule has 1 amide bonds. The molecule has 0 radical (unpaired) electrons. The van der Waals surface area contributed by atoms with Crippen molar-refractivity contribution in [2.75, 3.05) is 39.2 Å². The fraction of sp³-hybridized carbons (Fsp3) is 0.333. The Bertz CT molecular complexity index is 994. The zero-order valence-corrected chi connectivity index (χ0v) is 18.7. The van der Waals surface area contributed by atoms with E-state index in [0.717, 1.165) is 0 Å². The minimum absolute atomic E-state index is 0.0810. The fourth-order valence-electron chi connectivity index (χ4n) is 2.77. The number of hydrogen-bond donors (Lipinski definition) is 1. The van der Waals surface area contributed by atoms with Crippen molar-refractivity contribution < 1.29 is 32.2 Å². The number of anilines is 1. The highest BCUT2D eigenvalue weighted by atomic mass is 32.2. The second-order valence-corrected chi connectivity index (χ2v) is 8.28. The van der Waals surface area contributed by atoms with Gasteiger partial charge in [0.15, 0.2) is 6.61 Å². The largest absolute Gasteiger partial charge is 0.497 e. The van der Waals surface area contributed by atoms with Crippen molar-refractivity contribution in [1.82, 2.24) is 4.31 Å². The van der Waals surface area contributed by atoms with Gasteiger partial charge in [0.2, 0.25) is 10.0 Å². The second kappa shape index (κ2) is 10.8. The Morgan fingerprint density at radius 3 is 1.97 bits per heavy atom. The Morgan fingerprint density at radius 1 is 0.935 bits per heavy atom. The number of esters is 1. The fourth-order valence-corrected chi connectivity index (χ4v) is 4.22. The summed E-state index contributed by atoms with van der Waals surface area (Å²) < 4.78 is 41.6. The molecular weight excluding hydrogens is 424 g/mol. The van der Waals surface area contributed by atoms with Crippen molar-refractivity contribution in [2.45, 2.75) is 18.7 Å². The van der Waals surface area contributed by atoms with E-state index < -0.39 is 28.5 Å². The number of amides is 1. The lowest BCUT2D eigenvalue weighted by molar-refractivity contribution is -0.119. The monoisotopic (exact) mass is 450 g/mol. The topological polar surface area (TPSA) is 111 Å². The molecule has 0 spiro atoms. The number of nitrogens with zero attached hydrogens (tertiary/aromatic N) is 1. The molecule has 2 aromatic rings. The number of nitrogens with one attached hydrogen (secondary N) is 1. The highest BCUT2D eigenvalue weighted by Crippen LogP contribution is 2.25. The molecule has 168 valence electrons. The van der Waals surface area contributed by atoms with Crippen LogP contribution >= 0.6 is 0 Å². The zero-order chi connectivity index (χ0) is 23.0. The van der Waals surface area contributed by atoms with Crippen molar-refractivity contribution in [2.24, 2.45) is 0 Å². The van der Waals surface area contributed by atoms with Gasteiger partial charge >= 0.3 is 5.97 Å². The molecule has 10 heteroatoms. The smallest absolute Gasteiger partial charge is 0.338 e. The molecule has 0 aromatic heterocycles. The van der Waals surface area contributed by atoms with E-state index in [-0.39, 0.29) is 10.5 Å². The van der Waals surface area contributed by atoms with Crippen molar-refractivity contribution in [3.05, 3.63) is 48.0 Å². The number of sulfonamides is 1. The summed E-state index contributed by atoms with van der Waals surface area (Å²) in [6.45, 7) is 3.67. The summed E-state index contributed by atoms with van der Waals surface area (Å²) in [5.74, 6) is -0.313. The predicted octanol–water partition coefficient (Wildman–Crippen LogP) is 2.53. The Kier molecular flexibility index (Phi) is 8.40. The number of ether oxygens (including phenoxy) is 3. The van der Waals surface area contributed by atoms with Crippen LogP contribution in [0.4, 0.5) is 5.69 Å². The molecule has 0 aliphatic rings. The predicted molar refractivity (Wildman–Crippen MR) is 115 cm³/mol. The Labute approximate surface area is 182 Å². The number of methoxy groups -OCH3 is 2. The zero-order valence-electron chi connectivity index (χ0n) is 17.9. The van der Waals surface area contributed by atoms with Gasteiger partial charge in [-0.2, -0.15) is 4.31 Å². The van der Waals surface area contributed by atoms with Gasteiger partial charge in [0, 0.05) is 37.0 Å². The summed E-state index contributed by atoms with van der Waals surface area (Å²) in [5.41, 5.74) is 0.553. The molecule has 2 rings (SSSR count). The average molecular weight is 451 g/mol. The summed E-state index contributed by atoms with van der Waals surface area (Å²) in [7, 11) is -0.645. The molecule has 1 N–H and O–H groups in total. The third kappa shape index (κ3) is 6.19. The van der Waals surface area contributed by atoms with Gasteiger partial charge in [-0.05, 0) is 24.3 Å². The summed E-state index contributed by atoms with van der Waals surface area (Å²) in [6, 6.07) is 10.2. The lowest BCUT2D eigenvalue weighted by atomic mass is 10.2. The van der Waals surface area contributed by atoms with Crippen LogP contribution in [-0.4, -0.2) is 58.5 Å². The average Bonchev–Trinajstić information content (AvgIpc) is 2.77. The minimum Gasteiger partial charge on any atom is -0.497 e.